The topological polar surface area (TPSA) is 128 Å². The summed E-state index contributed by atoms with van der Waals surface area (Å²) in [4.78, 5) is 52.6. The third kappa shape index (κ3) is 6.34. The molecule has 0 bridgehead atoms. The van der Waals surface area contributed by atoms with Crippen LogP contribution in [0.4, 0.5) is 0 Å². The Balaban J connectivity index is 1.78. The molecule has 4 N–H and O–H groups in total. The highest BCUT2D eigenvalue weighted by Gasteiger charge is 2.40. The molecule has 34 heavy (non-hydrogen) atoms. The molecule has 0 aromatic heterocycles. The Morgan fingerprint density at radius 1 is 1.12 bits per heavy atom. The van der Waals surface area contributed by atoms with Crippen LogP contribution >= 0.6 is 0 Å². The highest BCUT2D eigenvalue weighted by molar-refractivity contribution is 5.94. The fourth-order valence-corrected chi connectivity index (χ4v) is 4.64. The smallest absolute Gasteiger partial charge is 0.326 e. The van der Waals surface area contributed by atoms with Crippen LogP contribution in [0.3, 0.4) is 0 Å². The van der Waals surface area contributed by atoms with Crippen molar-refractivity contribution in [2.75, 3.05) is 13.1 Å². The highest BCUT2D eigenvalue weighted by Crippen LogP contribution is 2.21. The van der Waals surface area contributed by atoms with Gasteiger partial charge in [0.05, 0.1) is 6.04 Å². The van der Waals surface area contributed by atoms with Crippen molar-refractivity contribution in [3.8, 4) is 0 Å². The van der Waals surface area contributed by atoms with E-state index in [1.54, 1.807) is 0 Å². The number of carbonyl (C=O) groups is 4. The number of carboxylic acid groups (broad SMARTS) is 1. The van der Waals surface area contributed by atoms with Gasteiger partial charge in [0.2, 0.25) is 17.7 Å². The second-order valence-electron chi connectivity index (χ2n) is 9.30. The third-order valence-corrected chi connectivity index (χ3v) is 6.89. The molecular formula is C25H36N4O5. The number of nitrogens with one attached hydrogen (secondary N) is 3. The molecule has 186 valence electrons. The van der Waals surface area contributed by atoms with Crippen molar-refractivity contribution < 1.29 is 24.3 Å². The van der Waals surface area contributed by atoms with Gasteiger partial charge in [-0.2, -0.15) is 0 Å². The summed E-state index contributed by atoms with van der Waals surface area (Å²) >= 11 is 0. The number of nitrogens with zero attached hydrogens (tertiary/aromatic N) is 1. The molecule has 3 rings (SSSR count). The van der Waals surface area contributed by atoms with E-state index in [-0.39, 0.29) is 30.2 Å². The molecule has 0 saturated carbocycles. The summed E-state index contributed by atoms with van der Waals surface area (Å²) in [6.07, 6.45) is 3.55. The van der Waals surface area contributed by atoms with Crippen LogP contribution in [0, 0.1) is 5.92 Å². The van der Waals surface area contributed by atoms with E-state index in [9.17, 15) is 24.3 Å². The van der Waals surface area contributed by atoms with E-state index in [1.165, 1.54) is 4.90 Å². The van der Waals surface area contributed by atoms with Crippen LogP contribution < -0.4 is 16.0 Å². The summed E-state index contributed by atoms with van der Waals surface area (Å²) < 4.78 is 0. The van der Waals surface area contributed by atoms with E-state index in [0.717, 1.165) is 18.5 Å². The minimum absolute atomic E-state index is 0.198. The summed E-state index contributed by atoms with van der Waals surface area (Å²) in [6.45, 7) is 4.90. The second kappa shape index (κ2) is 12.0. The molecule has 0 spiro atoms. The van der Waals surface area contributed by atoms with Crippen molar-refractivity contribution in [2.24, 2.45) is 5.92 Å². The van der Waals surface area contributed by atoms with Gasteiger partial charge in [-0.1, -0.05) is 50.6 Å². The first-order valence-electron chi connectivity index (χ1n) is 12.2. The summed E-state index contributed by atoms with van der Waals surface area (Å²) in [7, 11) is 0. The molecule has 2 fully saturated rings. The predicted octanol–water partition coefficient (Wildman–Crippen LogP) is 1.07. The van der Waals surface area contributed by atoms with Crippen LogP contribution in [0.5, 0.6) is 0 Å². The zero-order valence-electron chi connectivity index (χ0n) is 20.0. The average molecular weight is 473 g/mol. The molecule has 9 nitrogen and oxygen atoms in total. The molecule has 3 amide bonds. The quantitative estimate of drug-likeness (QED) is 0.403. The van der Waals surface area contributed by atoms with Crippen LogP contribution in [0.15, 0.2) is 30.3 Å². The minimum Gasteiger partial charge on any atom is -0.480 e. The number of benzene rings is 1. The van der Waals surface area contributed by atoms with Crippen molar-refractivity contribution in [1.29, 1.82) is 0 Å². The number of rotatable bonds is 10. The van der Waals surface area contributed by atoms with E-state index < -0.39 is 30.0 Å². The van der Waals surface area contributed by atoms with Crippen LogP contribution in [-0.2, 0) is 25.6 Å². The van der Waals surface area contributed by atoms with E-state index in [0.29, 0.717) is 32.2 Å². The lowest BCUT2D eigenvalue weighted by Gasteiger charge is -2.31. The average Bonchev–Trinajstić information content (AvgIpc) is 3.54. The summed E-state index contributed by atoms with van der Waals surface area (Å²) in [5.74, 6) is -2.28. The molecule has 2 aliphatic rings. The van der Waals surface area contributed by atoms with Crippen molar-refractivity contribution in [2.45, 2.75) is 76.5 Å². The number of aliphatic carboxylic acids is 1. The maximum atomic E-state index is 13.4. The van der Waals surface area contributed by atoms with Crippen molar-refractivity contribution >= 4 is 23.7 Å². The largest absolute Gasteiger partial charge is 0.480 e. The van der Waals surface area contributed by atoms with Gasteiger partial charge in [-0.15, -0.1) is 0 Å². The molecule has 5 unspecified atom stereocenters. The molecule has 2 saturated heterocycles. The Morgan fingerprint density at radius 2 is 1.85 bits per heavy atom. The van der Waals surface area contributed by atoms with Gasteiger partial charge >= 0.3 is 5.97 Å². The molecule has 0 radical (unpaired) electrons. The molecule has 1 aromatic carbocycles. The van der Waals surface area contributed by atoms with Gasteiger partial charge in [-0.05, 0) is 43.7 Å². The lowest BCUT2D eigenvalue weighted by Crippen LogP contribution is -2.59. The SMILES string of the molecule is CCC(C)C(NC(=O)C(Cc1ccccc1)NC(=O)C1CCCN1)C(=O)N1CCCC1C(=O)O. The van der Waals surface area contributed by atoms with Gasteiger partial charge in [0, 0.05) is 13.0 Å². The summed E-state index contributed by atoms with van der Waals surface area (Å²) in [5.41, 5.74) is 0.888. The Labute approximate surface area is 200 Å². The van der Waals surface area contributed by atoms with E-state index in [1.807, 2.05) is 44.2 Å². The number of hydrogen-bond acceptors (Lipinski definition) is 5. The number of likely N-dealkylation sites (tertiary alicyclic amines) is 1. The molecule has 1 aromatic rings. The van der Waals surface area contributed by atoms with Gasteiger partial charge in [0.25, 0.3) is 0 Å². The molecule has 9 heteroatoms. The second-order valence-corrected chi connectivity index (χ2v) is 9.30. The van der Waals surface area contributed by atoms with E-state index in [4.69, 9.17) is 0 Å². The van der Waals surface area contributed by atoms with Gasteiger partial charge < -0.3 is 26.0 Å². The molecule has 0 aliphatic carbocycles. The fraction of sp³-hybridized carbons (Fsp3) is 0.600. The molecule has 2 aliphatic heterocycles. The lowest BCUT2D eigenvalue weighted by molar-refractivity contribution is -0.150. The monoisotopic (exact) mass is 472 g/mol. The van der Waals surface area contributed by atoms with Crippen molar-refractivity contribution in [1.82, 2.24) is 20.9 Å². The number of amides is 3. The minimum atomic E-state index is -1.03. The van der Waals surface area contributed by atoms with Gasteiger partial charge in [0.15, 0.2) is 0 Å². The molecule has 2 heterocycles. The molecular weight excluding hydrogens is 436 g/mol. The normalized spacial score (nSPS) is 22.6. The Morgan fingerprint density at radius 3 is 2.47 bits per heavy atom. The number of carboxylic acids is 1. The first kappa shape index (κ1) is 25.7. The van der Waals surface area contributed by atoms with Gasteiger partial charge in [-0.25, -0.2) is 4.79 Å². The third-order valence-electron chi connectivity index (χ3n) is 6.89. The van der Waals surface area contributed by atoms with Crippen LogP contribution in [-0.4, -0.2) is 71.0 Å². The van der Waals surface area contributed by atoms with Gasteiger partial charge in [0.1, 0.15) is 18.1 Å². The number of carbonyl (C=O) groups excluding carboxylic acids is 3. The lowest BCUT2D eigenvalue weighted by atomic mass is 9.96. The molecule has 5 atom stereocenters. The van der Waals surface area contributed by atoms with Crippen molar-refractivity contribution in [3.05, 3.63) is 35.9 Å². The first-order valence-corrected chi connectivity index (χ1v) is 12.2. The number of hydrogen-bond donors (Lipinski definition) is 4. The Hall–Kier alpha value is -2.94. The fourth-order valence-electron chi connectivity index (χ4n) is 4.64. The van der Waals surface area contributed by atoms with Gasteiger partial charge in [-0.3, -0.25) is 14.4 Å². The predicted molar refractivity (Wildman–Crippen MR) is 127 cm³/mol. The zero-order valence-corrected chi connectivity index (χ0v) is 20.0. The van der Waals surface area contributed by atoms with Crippen molar-refractivity contribution in [3.63, 3.8) is 0 Å². The maximum absolute atomic E-state index is 13.4. The van der Waals surface area contributed by atoms with Crippen LogP contribution in [0.1, 0.15) is 51.5 Å². The highest BCUT2D eigenvalue weighted by atomic mass is 16.4. The van der Waals surface area contributed by atoms with Crippen LogP contribution in [0.25, 0.3) is 0 Å². The summed E-state index contributed by atoms with van der Waals surface area (Å²) in [6, 6.07) is 6.47. The Kier molecular flexibility index (Phi) is 9.04. The van der Waals surface area contributed by atoms with E-state index in [2.05, 4.69) is 16.0 Å². The zero-order chi connectivity index (χ0) is 24.7. The maximum Gasteiger partial charge on any atom is 0.326 e. The van der Waals surface area contributed by atoms with E-state index >= 15 is 0 Å². The Bertz CT molecular complexity index is 871. The first-order chi connectivity index (χ1) is 16.3. The standard InChI is InChI=1S/C25H36N4O5/c1-3-16(2)21(24(32)29-14-8-12-20(29)25(33)34)28-23(31)19(15-17-9-5-4-6-10-17)27-22(30)18-11-7-13-26-18/h4-6,9-10,16,18-21,26H,3,7-8,11-15H2,1-2H3,(H,27,30)(H,28,31)(H,33,34). The van der Waals surface area contributed by atoms with Crippen LogP contribution in [0.2, 0.25) is 0 Å². The summed E-state index contributed by atoms with van der Waals surface area (Å²) in [5, 5.41) is 18.4.